The summed E-state index contributed by atoms with van der Waals surface area (Å²) >= 11 is 0. The Balaban J connectivity index is 1.69. The number of pyridine rings is 1. The molecule has 2 N–H and O–H groups in total. The normalized spacial score (nSPS) is 10.1. The van der Waals surface area contributed by atoms with E-state index in [0.29, 0.717) is 16.9 Å². The Morgan fingerprint density at radius 2 is 1.59 bits per heavy atom. The maximum atomic E-state index is 12.5. The molecular weight excluding hydrogens is 370 g/mol. The molecule has 0 atom stereocenters. The van der Waals surface area contributed by atoms with E-state index in [-0.39, 0.29) is 17.0 Å². The summed E-state index contributed by atoms with van der Waals surface area (Å²) in [4.78, 5) is 39.8. The third-order valence-corrected chi connectivity index (χ3v) is 4.16. The zero-order valence-corrected chi connectivity index (χ0v) is 15.9. The third kappa shape index (κ3) is 4.84. The first-order valence-electron chi connectivity index (χ1n) is 8.80. The second kappa shape index (κ2) is 8.79. The summed E-state index contributed by atoms with van der Waals surface area (Å²) in [6, 6.07) is 16.9. The maximum absolute atomic E-state index is 12.5. The van der Waals surface area contributed by atoms with Gasteiger partial charge in [-0.25, -0.2) is 9.78 Å². The van der Waals surface area contributed by atoms with E-state index < -0.39 is 11.9 Å². The topological polar surface area (TPSA) is 97.4 Å². The van der Waals surface area contributed by atoms with Crippen LogP contribution >= 0.6 is 0 Å². The Bertz CT molecular complexity index is 1040. The van der Waals surface area contributed by atoms with Gasteiger partial charge >= 0.3 is 5.97 Å². The van der Waals surface area contributed by atoms with Crippen molar-refractivity contribution in [3.63, 3.8) is 0 Å². The predicted octanol–water partition coefficient (Wildman–Crippen LogP) is 4.07. The summed E-state index contributed by atoms with van der Waals surface area (Å²) < 4.78 is 4.72. The number of methoxy groups -OCH3 is 1. The lowest BCUT2D eigenvalue weighted by Gasteiger charge is -2.10. The second-order valence-corrected chi connectivity index (χ2v) is 6.18. The van der Waals surface area contributed by atoms with Crippen LogP contribution in [0.3, 0.4) is 0 Å². The van der Waals surface area contributed by atoms with Crippen molar-refractivity contribution < 1.29 is 19.1 Å². The highest BCUT2D eigenvalue weighted by Crippen LogP contribution is 2.19. The molecule has 0 bridgehead atoms. The zero-order chi connectivity index (χ0) is 20.8. The molecular formula is C22H19N3O4. The van der Waals surface area contributed by atoms with Crippen molar-refractivity contribution in [1.82, 2.24) is 4.98 Å². The van der Waals surface area contributed by atoms with Crippen LogP contribution in [0, 0.1) is 0 Å². The minimum Gasteiger partial charge on any atom is -0.465 e. The van der Waals surface area contributed by atoms with Crippen LogP contribution in [0.4, 0.5) is 17.1 Å². The fourth-order valence-corrected chi connectivity index (χ4v) is 2.62. The Morgan fingerprint density at radius 3 is 2.21 bits per heavy atom. The smallest absolute Gasteiger partial charge is 0.339 e. The number of esters is 1. The standard InChI is InChI=1S/C22H19N3O4/c1-14(26)15-7-9-16(10-8-15)24-17-11-12-20(23-13-17)21(27)25-19-6-4-3-5-18(19)22(28)29-2/h3-13,24H,1-2H3,(H,25,27). The lowest BCUT2D eigenvalue weighted by Crippen LogP contribution is -2.16. The van der Waals surface area contributed by atoms with Crippen molar-refractivity contribution >= 4 is 34.7 Å². The zero-order valence-electron chi connectivity index (χ0n) is 15.9. The predicted molar refractivity (Wildman–Crippen MR) is 110 cm³/mol. The van der Waals surface area contributed by atoms with Gasteiger partial charge in [-0.1, -0.05) is 12.1 Å². The molecule has 1 heterocycles. The molecule has 0 fully saturated rings. The number of para-hydroxylation sites is 1. The monoisotopic (exact) mass is 389 g/mol. The van der Waals surface area contributed by atoms with E-state index in [1.54, 1.807) is 60.7 Å². The van der Waals surface area contributed by atoms with Gasteiger partial charge in [0.2, 0.25) is 0 Å². The molecule has 0 radical (unpaired) electrons. The summed E-state index contributed by atoms with van der Waals surface area (Å²) in [5.41, 5.74) is 2.91. The number of benzene rings is 2. The fourth-order valence-electron chi connectivity index (χ4n) is 2.62. The molecule has 3 rings (SSSR count). The summed E-state index contributed by atoms with van der Waals surface area (Å²) in [5, 5.41) is 5.82. The number of ketones is 1. The van der Waals surface area contributed by atoms with Gasteiger partial charge in [0.15, 0.2) is 5.78 Å². The number of rotatable bonds is 6. The molecule has 0 saturated carbocycles. The number of nitrogens with zero attached hydrogens (tertiary/aromatic N) is 1. The van der Waals surface area contributed by atoms with Gasteiger partial charge in [0, 0.05) is 11.3 Å². The van der Waals surface area contributed by atoms with Crippen molar-refractivity contribution in [2.24, 2.45) is 0 Å². The van der Waals surface area contributed by atoms with Gasteiger partial charge in [-0.15, -0.1) is 0 Å². The molecule has 2 aromatic carbocycles. The van der Waals surface area contributed by atoms with Crippen LogP contribution in [0.25, 0.3) is 0 Å². The lowest BCUT2D eigenvalue weighted by atomic mass is 10.1. The molecule has 3 aromatic rings. The molecule has 0 unspecified atom stereocenters. The number of hydrogen-bond donors (Lipinski definition) is 2. The number of Topliss-reactive ketones (excluding diaryl/α,β-unsaturated/α-hetero) is 1. The Morgan fingerprint density at radius 1 is 0.897 bits per heavy atom. The number of amides is 1. The van der Waals surface area contributed by atoms with E-state index in [1.165, 1.54) is 20.2 Å². The van der Waals surface area contributed by atoms with Crippen LogP contribution in [0.15, 0.2) is 66.9 Å². The Labute approximate surface area is 167 Å². The molecule has 0 spiro atoms. The molecule has 0 aliphatic rings. The summed E-state index contributed by atoms with van der Waals surface area (Å²) in [7, 11) is 1.28. The van der Waals surface area contributed by atoms with E-state index in [1.807, 2.05) is 0 Å². The van der Waals surface area contributed by atoms with Crippen molar-refractivity contribution in [1.29, 1.82) is 0 Å². The number of aromatic nitrogens is 1. The first-order chi connectivity index (χ1) is 14.0. The van der Waals surface area contributed by atoms with E-state index in [9.17, 15) is 14.4 Å². The first kappa shape index (κ1) is 19.8. The van der Waals surface area contributed by atoms with Crippen LogP contribution in [-0.4, -0.2) is 29.8 Å². The number of ether oxygens (including phenoxy) is 1. The van der Waals surface area contributed by atoms with Gasteiger partial charge in [0.25, 0.3) is 5.91 Å². The molecule has 0 aliphatic heterocycles. The van der Waals surface area contributed by atoms with Gasteiger partial charge in [-0.2, -0.15) is 0 Å². The lowest BCUT2D eigenvalue weighted by molar-refractivity contribution is 0.0601. The van der Waals surface area contributed by atoms with E-state index in [0.717, 1.165) is 5.69 Å². The highest BCUT2D eigenvalue weighted by atomic mass is 16.5. The Kier molecular flexibility index (Phi) is 5.99. The van der Waals surface area contributed by atoms with Crippen LogP contribution < -0.4 is 10.6 Å². The molecule has 7 heteroatoms. The van der Waals surface area contributed by atoms with E-state index >= 15 is 0 Å². The molecule has 1 amide bonds. The molecule has 0 aliphatic carbocycles. The first-order valence-corrected chi connectivity index (χ1v) is 8.80. The molecule has 146 valence electrons. The third-order valence-electron chi connectivity index (χ3n) is 4.16. The minimum atomic E-state index is -0.538. The van der Waals surface area contributed by atoms with Crippen LogP contribution in [0.2, 0.25) is 0 Å². The number of carbonyl (C=O) groups is 3. The number of carbonyl (C=O) groups excluding carboxylic acids is 3. The van der Waals surface area contributed by atoms with Crippen LogP contribution in [-0.2, 0) is 4.74 Å². The summed E-state index contributed by atoms with van der Waals surface area (Å²) in [5.74, 6) is -0.981. The molecule has 29 heavy (non-hydrogen) atoms. The fraction of sp³-hybridized carbons (Fsp3) is 0.0909. The average molecular weight is 389 g/mol. The highest BCUT2D eigenvalue weighted by Gasteiger charge is 2.15. The highest BCUT2D eigenvalue weighted by molar-refractivity contribution is 6.07. The minimum absolute atomic E-state index is 0.00218. The van der Waals surface area contributed by atoms with Crippen LogP contribution in [0.1, 0.15) is 38.1 Å². The summed E-state index contributed by atoms with van der Waals surface area (Å²) in [6.45, 7) is 1.51. The number of nitrogens with one attached hydrogen (secondary N) is 2. The van der Waals surface area contributed by atoms with Gasteiger partial charge in [0.1, 0.15) is 5.69 Å². The quantitative estimate of drug-likeness (QED) is 0.487. The van der Waals surface area contributed by atoms with Crippen molar-refractivity contribution in [2.75, 3.05) is 17.7 Å². The van der Waals surface area contributed by atoms with Gasteiger partial charge in [-0.05, 0) is 55.5 Å². The second-order valence-electron chi connectivity index (χ2n) is 6.18. The van der Waals surface area contributed by atoms with Gasteiger partial charge < -0.3 is 15.4 Å². The SMILES string of the molecule is COC(=O)c1ccccc1NC(=O)c1ccc(Nc2ccc(C(C)=O)cc2)cn1. The van der Waals surface area contributed by atoms with E-state index in [2.05, 4.69) is 15.6 Å². The van der Waals surface area contributed by atoms with Gasteiger partial charge in [0.05, 0.1) is 30.2 Å². The van der Waals surface area contributed by atoms with Crippen molar-refractivity contribution in [3.05, 3.63) is 83.7 Å². The van der Waals surface area contributed by atoms with Crippen molar-refractivity contribution in [3.8, 4) is 0 Å². The molecule has 7 nitrogen and oxygen atoms in total. The summed E-state index contributed by atoms with van der Waals surface area (Å²) in [6.07, 6.45) is 1.53. The molecule has 1 aromatic heterocycles. The maximum Gasteiger partial charge on any atom is 0.339 e. The van der Waals surface area contributed by atoms with Crippen molar-refractivity contribution in [2.45, 2.75) is 6.92 Å². The number of hydrogen-bond acceptors (Lipinski definition) is 6. The van der Waals surface area contributed by atoms with Gasteiger partial charge in [-0.3, -0.25) is 9.59 Å². The Hall–Kier alpha value is -4.00. The average Bonchev–Trinajstić information content (AvgIpc) is 2.74. The molecule has 0 saturated heterocycles. The van der Waals surface area contributed by atoms with Crippen LogP contribution in [0.5, 0.6) is 0 Å². The number of anilines is 3. The largest absolute Gasteiger partial charge is 0.465 e. The van der Waals surface area contributed by atoms with E-state index in [4.69, 9.17) is 4.74 Å².